The highest BCUT2D eigenvalue weighted by Gasteiger charge is 2.46. The van der Waals surface area contributed by atoms with Crippen LogP contribution >= 0.6 is 0 Å². The zero-order chi connectivity index (χ0) is 18.5. The Balaban J connectivity index is 2.83. The smallest absolute Gasteiger partial charge is 0.372 e. The van der Waals surface area contributed by atoms with Gasteiger partial charge in [0.1, 0.15) is 12.7 Å². The maximum Gasteiger partial charge on any atom is 0.372 e. The molecule has 0 saturated carbocycles. The molecule has 0 unspecified atom stereocenters. The summed E-state index contributed by atoms with van der Waals surface area (Å²) in [7, 11) is 1.35. The molecule has 138 valence electrons. The molecular formula is C18H31NO5. The molecule has 1 aliphatic heterocycles. The topological polar surface area (TPSA) is 65.1 Å². The lowest BCUT2D eigenvalue weighted by atomic mass is 9.78. The average molecular weight is 341 g/mol. The highest BCUT2D eigenvalue weighted by molar-refractivity contribution is 5.86. The van der Waals surface area contributed by atoms with E-state index in [1.165, 1.54) is 14.0 Å². The van der Waals surface area contributed by atoms with Gasteiger partial charge in [-0.1, -0.05) is 0 Å². The van der Waals surface area contributed by atoms with E-state index in [2.05, 4.69) is 32.6 Å². The number of esters is 2. The van der Waals surface area contributed by atoms with E-state index in [0.29, 0.717) is 13.2 Å². The van der Waals surface area contributed by atoms with Crippen molar-refractivity contribution in [3.63, 3.8) is 0 Å². The van der Waals surface area contributed by atoms with Gasteiger partial charge in [-0.05, 0) is 40.7 Å². The van der Waals surface area contributed by atoms with Crippen LogP contribution in [0.5, 0.6) is 0 Å². The third-order valence-corrected chi connectivity index (χ3v) is 4.48. The Morgan fingerprint density at radius 3 is 2.12 bits per heavy atom. The van der Waals surface area contributed by atoms with Crippen LogP contribution in [0.15, 0.2) is 11.8 Å². The number of likely N-dealkylation sites (tertiary alicyclic amines) is 1. The summed E-state index contributed by atoms with van der Waals surface area (Å²) in [6.07, 6.45) is 3.10. The van der Waals surface area contributed by atoms with Gasteiger partial charge in [0.15, 0.2) is 0 Å². The molecule has 0 N–H and O–H groups in total. The molecule has 24 heavy (non-hydrogen) atoms. The van der Waals surface area contributed by atoms with Crippen LogP contribution in [0.4, 0.5) is 0 Å². The largest absolute Gasteiger partial charge is 0.483 e. The van der Waals surface area contributed by atoms with Crippen LogP contribution in [0.1, 0.15) is 54.4 Å². The molecule has 0 spiro atoms. The lowest BCUT2D eigenvalue weighted by Crippen LogP contribution is -2.62. The third kappa shape index (κ3) is 5.23. The normalized spacial score (nSPS) is 21.2. The number of hydrogen-bond acceptors (Lipinski definition) is 6. The number of carbonyl (C=O) groups excluding carboxylic acids is 2. The summed E-state index contributed by atoms with van der Waals surface area (Å²) >= 11 is 0. The number of piperidine rings is 1. The van der Waals surface area contributed by atoms with Crippen molar-refractivity contribution in [2.45, 2.75) is 71.6 Å². The third-order valence-electron chi connectivity index (χ3n) is 4.48. The maximum absolute atomic E-state index is 11.7. The molecule has 6 nitrogen and oxygen atoms in total. The van der Waals surface area contributed by atoms with Gasteiger partial charge in [0.25, 0.3) is 0 Å². The van der Waals surface area contributed by atoms with Gasteiger partial charge in [-0.15, -0.1) is 0 Å². The minimum absolute atomic E-state index is 0.0784. The van der Waals surface area contributed by atoms with Crippen LogP contribution in [0, 0.1) is 0 Å². The van der Waals surface area contributed by atoms with E-state index in [4.69, 9.17) is 14.2 Å². The fraction of sp³-hybridized carbons (Fsp3) is 0.778. The molecule has 1 saturated heterocycles. The van der Waals surface area contributed by atoms with Crippen molar-refractivity contribution in [1.82, 2.24) is 4.90 Å². The Kier molecular flexibility index (Phi) is 6.84. The standard InChI is InChI=1S/C18H31NO5/c1-8-15(16(21)22-7)24-14-11-17(3,4)19(18(5,6)12-14)9-10-23-13(2)20/h8,14H,9-12H2,1-7H3. The zero-order valence-electron chi connectivity index (χ0n) is 16.0. The van der Waals surface area contributed by atoms with Crippen molar-refractivity contribution in [2.24, 2.45) is 0 Å². The molecule has 0 aliphatic carbocycles. The van der Waals surface area contributed by atoms with E-state index in [1.54, 1.807) is 13.0 Å². The Labute approximate surface area is 145 Å². The maximum atomic E-state index is 11.7. The molecule has 0 aromatic heterocycles. The molecule has 0 bridgehead atoms. The summed E-state index contributed by atoms with van der Waals surface area (Å²) in [6.45, 7) is 12.8. The first-order valence-electron chi connectivity index (χ1n) is 8.36. The van der Waals surface area contributed by atoms with Gasteiger partial charge >= 0.3 is 11.9 Å². The van der Waals surface area contributed by atoms with Crippen LogP contribution < -0.4 is 0 Å². The first-order chi connectivity index (χ1) is 11.0. The van der Waals surface area contributed by atoms with Gasteiger partial charge in [0.05, 0.1) is 7.11 Å². The fourth-order valence-electron chi connectivity index (χ4n) is 3.71. The Bertz CT molecular complexity index is 478. The van der Waals surface area contributed by atoms with Gasteiger partial charge in [-0.2, -0.15) is 0 Å². The number of carbonyl (C=O) groups is 2. The zero-order valence-corrected chi connectivity index (χ0v) is 16.0. The van der Waals surface area contributed by atoms with Gasteiger partial charge < -0.3 is 14.2 Å². The number of methoxy groups -OCH3 is 1. The monoisotopic (exact) mass is 341 g/mol. The molecule has 0 atom stereocenters. The summed E-state index contributed by atoms with van der Waals surface area (Å²) in [6, 6.07) is 0. The minimum Gasteiger partial charge on any atom is -0.483 e. The second-order valence-electron chi connectivity index (χ2n) is 7.41. The second-order valence-corrected chi connectivity index (χ2v) is 7.41. The second kappa shape index (κ2) is 8.01. The van der Waals surface area contributed by atoms with Crippen LogP contribution in [-0.2, 0) is 23.8 Å². The van der Waals surface area contributed by atoms with Crippen molar-refractivity contribution in [3.05, 3.63) is 11.8 Å². The summed E-state index contributed by atoms with van der Waals surface area (Å²) in [4.78, 5) is 25.1. The summed E-state index contributed by atoms with van der Waals surface area (Å²) in [5.74, 6) is -0.465. The molecule has 0 amide bonds. The first-order valence-corrected chi connectivity index (χ1v) is 8.36. The summed E-state index contributed by atoms with van der Waals surface area (Å²) in [5.41, 5.74) is -0.303. The first kappa shape index (κ1) is 20.5. The number of rotatable bonds is 6. The van der Waals surface area contributed by atoms with E-state index >= 15 is 0 Å². The predicted octanol–water partition coefficient (Wildman–Crippen LogP) is 2.66. The lowest BCUT2D eigenvalue weighted by Gasteiger charge is -2.55. The average Bonchev–Trinajstić information content (AvgIpc) is 2.45. The highest BCUT2D eigenvalue weighted by Crippen LogP contribution is 2.39. The quantitative estimate of drug-likeness (QED) is 0.420. The van der Waals surface area contributed by atoms with Gasteiger partial charge in [0.2, 0.25) is 5.76 Å². The SMILES string of the molecule is CC=C(OC1CC(C)(C)N(CCOC(C)=O)C(C)(C)C1)C(=O)OC. The molecule has 0 aromatic rings. The minimum atomic E-state index is -0.453. The molecule has 0 radical (unpaired) electrons. The Hall–Kier alpha value is -1.56. The van der Waals surface area contributed by atoms with Crippen molar-refractivity contribution >= 4 is 11.9 Å². The van der Waals surface area contributed by atoms with Gasteiger partial charge in [-0.3, -0.25) is 9.69 Å². The van der Waals surface area contributed by atoms with Crippen molar-refractivity contribution in [1.29, 1.82) is 0 Å². The molecule has 0 aromatic carbocycles. The Morgan fingerprint density at radius 2 is 1.71 bits per heavy atom. The molecule has 1 fully saturated rings. The van der Waals surface area contributed by atoms with Crippen LogP contribution in [0.2, 0.25) is 0 Å². The lowest BCUT2D eigenvalue weighted by molar-refractivity contribution is -0.147. The number of ether oxygens (including phenoxy) is 3. The molecule has 6 heteroatoms. The highest BCUT2D eigenvalue weighted by atomic mass is 16.6. The van der Waals surface area contributed by atoms with Crippen LogP contribution in [-0.4, -0.2) is 54.3 Å². The molecular weight excluding hydrogens is 310 g/mol. The van der Waals surface area contributed by atoms with E-state index in [-0.39, 0.29) is 28.9 Å². The van der Waals surface area contributed by atoms with E-state index < -0.39 is 5.97 Å². The van der Waals surface area contributed by atoms with E-state index in [0.717, 1.165) is 12.8 Å². The van der Waals surface area contributed by atoms with Gasteiger partial charge in [0, 0.05) is 37.4 Å². The van der Waals surface area contributed by atoms with Crippen LogP contribution in [0.25, 0.3) is 0 Å². The van der Waals surface area contributed by atoms with Crippen molar-refractivity contribution in [3.8, 4) is 0 Å². The molecule has 1 rings (SSSR count). The molecule has 1 heterocycles. The predicted molar refractivity (Wildman–Crippen MR) is 91.4 cm³/mol. The fourth-order valence-corrected chi connectivity index (χ4v) is 3.71. The number of nitrogens with zero attached hydrogens (tertiary/aromatic N) is 1. The number of hydrogen-bond donors (Lipinski definition) is 0. The number of allylic oxidation sites excluding steroid dienone is 1. The van der Waals surface area contributed by atoms with E-state index in [1.807, 2.05) is 0 Å². The van der Waals surface area contributed by atoms with Crippen molar-refractivity contribution < 1.29 is 23.8 Å². The van der Waals surface area contributed by atoms with E-state index in [9.17, 15) is 9.59 Å². The van der Waals surface area contributed by atoms with Crippen molar-refractivity contribution in [2.75, 3.05) is 20.3 Å². The van der Waals surface area contributed by atoms with Crippen LogP contribution in [0.3, 0.4) is 0 Å². The summed E-state index contributed by atoms with van der Waals surface area (Å²) < 4.78 is 15.8. The summed E-state index contributed by atoms with van der Waals surface area (Å²) in [5, 5.41) is 0. The Morgan fingerprint density at radius 1 is 1.17 bits per heavy atom. The molecule has 1 aliphatic rings. The van der Waals surface area contributed by atoms with Gasteiger partial charge in [-0.25, -0.2) is 4.79 Å².